The summed E-state index contributed by atoms with van der Waals surface area (Å²) in [4.78, 5) is 37.6. The largest absolute Gasteiger partial charge is 0.472 e. The number of ether oxygens (including phenoxy) is 9. The number of aliphatic hydroxyl groups is 5. The van der Waals surface area contributed by atoms with Crippen molar-refractivity contribution in [1.82, 2.24) is 0 Å². The van der Waals surface area contributed by atoms with Crippen molar-refractivity contribution in [3.63, 3.8) is 0 Å². The molecule has 0 amide bonds. The Labute approximate surface area is 292 Å². The molecule has 0 radical (unpaired) electrons. The lowest BCUT2D eigenvalue weighted by Gasteiger charge is -2.45. The van der Waals surface area contributed by atoms with Gasteiger partial charge >= 0.3 is 17.9 Å². The number of aliphatic hydroxyl groups excluding tert-OH is 5. The van der Waals surface area contributed by atoms with Gasteiger partial charge in [-0.3, -0.25) is 9.59 Å². The van der Waals surface area contributed by atoms with E-state index in [4.69, 9.17) is 42.6 Å². The first-order valence-corrected chi connectivity index (χ1v) is 16.5. The monoisotopic (exact) mass is 722 g/mol. The van der Waals surface area contributed by atoms with E-state index in [1.54, 1.807) is 43.3 Å². The van der Waals surface area contributed by atoms with Crippen molar-refractivity contribution in [2.24, 2.45) is 11.8 Å². The molecule has 4 fully saturated rings. The highest BCUT2D eigenvalue weighted by Gasteiger charge is 2.77. The van der Waals surface area contributed by atoms with Crippen LogP contribution in [-0.2, 0) is 57.0 Å². The summed E-state index contributed by atoms with van der Waals surface area (Å²) in [6.45, 7) is 2.67. The Bertz CT molecular complexity index is 1470. The Morgan fingerprint density at radius 2 is 1.53 bits per heavy atom. The van der Waals surface area contributed by atoms with E-state index in [9.17, 15) is 39.9 Å². The van der Waals surface area contributed by atoms with Crippen molar-refractivity contribution < 1.29 is 82.5 Å². The molecule has 51 heavy (non-hydrogen) atoms. The van der Waals surface area contributed by atoms with Crippen LogP contribution in [0.2, 0.25) is 0 Å². The van der Waals surface area contributed by atoms with Gasteiger partial charge in [0.2, 0.25) is 6.29 Å². The maximum Gasteiger partial charge on any atom is 0.331 e. The van der Waals surface area contributed by atoms with E-state index < -0.39 is 128 Å². The Balaban J connectivity index is 1.22. The lowest BCUT2D eigenvalue weighted by molar-refractivity contribution is -0.347. The zero-order valence-electron chi connectivity index (χ0n) is 27.9. The average Bonchev–Trinajstić information content (AvgIpc) is 3.78. The fourth-order valence-corrected chi connectivity index (χ4v) is 7.25. The van der Waals surface area contributed by atoms with E-state index in [0.29, 0.717) is 0 Å². The highest BCUT2D eigenvalue weighted by Crippen LogP contribution is 2.61. The normalized spacial score (nSPS) is 42.7. The average molecular weight is 723 g/mol. The van der Waals surface area contributed by atoms with Gasteiger partial charge < -0.3 is 68.2 Å². The molecule has 4 aliphatic heterocycles. The number of carbonyl (C=O) groups is 3. The summed E-state index contributed by atoms with van der Waals surface area (Å²) in [5.74, 6) is -3.70. The third-order valence-electron chi connectivity index (χ3n) is 9.68. The van der Waals surface area contributed by atoms with E-state index >= 15 is 0 Å². The van der Waals surface area contributed by atoms with Crippen LogP contribution in [-0.4, -0.2) is 142 Å². The third kappa shape index (κ3) is 7.41. The van der Waals surface area contributed by atoms with Gasteiger partial charge in [0.15, 0.2) is 30.9 Å². The highest BCUT2D eigenvalue weighted by atomic mass is 16.8. The molecule has 1 aromatic rings. The molecule has 17 nitrogen and oxygen atoms in total. The summed E-state index contributed by atoms with van der Waals surface area (Å²) in [6.07, 6.45) is -11.4. The molecule has 1 aromatic carbocycles. The minimum atomic E-state index is -1.72. The topological polar surface area (TPSA) is 239 Å². The molecule has 0 aromatic heterocycles. The fraction of sp³-hybridized carbons (Fsp3) is 0.618. The standard InChI is InChI=1S/C34H42O17/c1-15-26(48-21(39)10-9-18-7-5-4-6-8-18)28(45-16(2)37)29(46-17(3)38)33(44-15)49-27-19-11-12-43-31(22(19)34(14-36)30(27)51-34)50-32-25(42)24(41)23(40)20(13-35)47-32/h4-12,15,19-20,22-33,35-36,40-42H,13-14H2,1-3H3. The number of carbonyl (C=O) groups excluding carboxylic acids is 3. The molecule has 5 aliphatic rings. The Morgan fingerprint density at radius 3 is 2.20 bits per heavy atom. The van der Waals surface area contributed by atoms with E-state index in [0.717, 1.165) is 19.4 Å². The molecular weight excluding hydrogens is 680 g/mol. The van der Waals surface area contributed by atoms with E-state index in [1.165, 1.54) is 12.3 Å². The van der Waals surface area contributed by atoms with Crippen LogP contribution in [0.25, 0.3) is 6.08 Å². The van der Waals surface area contributed by atoms with Crippen molar-refractivity contribution in [2.45, 2.75) is 106 Å². The summed E-state index contributed by atoms with van der Waals surface area (Å²) in [7, 11) is 0. The van der Waals surface area contributed by atoms with Gasteiger partial charge in [0, 0.05) is 25.8 Å². The summed E-state index contributed by atoms with van der Waals surface area (Å²) in [6, 6.07) is 9.01. The maximum atomic E-state index is 12.9. The van der Waals surface area contributed by atoms with Gasteiger partial charge in [0.05, 0.1) is 37.6 Å². The Hall–Kier alpha value is -3.49. The number of epoxide rings is 1. The van der Waals surface area contributed by atoms with Gasteiger partial charge in [0.25, 0.3) is 0 Å². The Morgan fingerprint density at radius 1 is 0.824 bits per heavy atom. The molecule has 0 spiro atoms. The van der Waals surface area contributed by atoms with Crippen molar-refractivity contribution in [3.05, 3.63) is 54.3 Å². The zero-order valence-corrected chi connectivity index (χ0v) is 27.9. The van der Waals surface area contributed by atoms with Crippen LogP contribution in [0.5, 0.6) is 0 Å². The van der Waals surface area contributed by atoms with Crippen molar-refractivity contribution >= 4 is 24.0 Å². The second kappa shape index (κ2) is 15.2. The molecule has 1 saturated carbocycles. The first-order valence-electron chi connectivity index (χ1n) is 16.5. The van der Waals surface area contributed by atoms with Gasteiger partial charge in [-0.25, -0.2) is 4.79 Å². The smallest absolute Gasteiger partial charge is 0.331 e. The summed E-state index contributed by atoms with van der Waals surface area (Å²) < 4.78 is 52.6. The van der Waals surface area contributed by atoms with Crippen LogP contribution in [0, 0.1) is 11.8 Å². The predicted molar refractivity (Wildman–Crippen MR) is 166 cm³/mol. The van der Waals surface area contributed by atoms with Crippen LogP contribution in [0.3, 0.4) is 0 Å². The van der Waals surface area contributed by atoms with Crippen LogP contribution in [0.1, 0.15) is 26.3 Å². The van der Waals surface area contributed by atoms with E-state index in [1.807, 2.05) is 6.07 Å². The maximum absolute atomic E-state index is 12.9. The first kappa shape index (κ1) is 37.3. The van der Waals surface area contributed by atoms with Crippen LogP contribution < -0.4 is 0 Å². The van der Waals surface area contributed by atoms with Crippen LogP contribution in [0.4, 0.5) is 0 Å². The Kier molecular flexibility index (Phi) is 11.1. The molecule has 3 saturated heterocycles. The van der Waals surface area contributed by atoms with Crippen molar-refractivity contribution in [1.29, 1.82) is 0 Å². The fourth-order valence-electron chi connectivity index (χ4n) is 7.25. The summed E-state index contributed by atoms with van der Waals surface area (Å²) >= 11 is 0. The molecule has 4 heterocycles. The first-order chi connectivity index (χ1) is 24.4. The molecule has 17 heteroatoms. The molecule has 0 bridgehead atoms. The third-order valence-corrected chi connectivity index (χ3v) is 9.68. The predicted octanol–water partition coefficient (Wildman–Crippen LogP) is -1.33. The number of hydrogen-bond acceptors (Lipinski definition) is 17. The van der Waals surface area contributed by atoms with Crippen LogP contribution >= 0.6 is 0 Å². The molecule has 16 unspecified atom stereocenters. The minimum absolute atomic E-state index is 0.510. The summed E-state index contributed by atoms with van der Waals surface area (Å²) in [5, 5.41) is 51.2. The number of benzene rings is 1. The van der Waals surface area contributed by atoms with Gasteiger partial charge in [-0.15, -0.1) is 0 Å². The number of hydrogen-bond donors (Lipinski definition) is 5. The lowest BCUT2D eigenvalue weighted by Crippen LogP contribution is -2.62. The molecular formula is C34H42O17. The molecule has 280 valence electrons. The van der Waals surface area contributed by atoms with Gasteiger partial charge in [-0.05, 0) is 24.6 Å². The SMILES string of the molecule is CC(=O)OC1C(OC2C3C=COC(OC4OC(CO)C(O)C(O)C4O)C3C3(CO)OC23)OC(C)C(OC(=O)C=Cc2ccccc2)C1OC(C)=O. The van der Waals surface area contributed by atoms with Crippen LogP contribution in [0.15, 0.2) is 48.7 Å². The second-order valence-electron chi connectivity index (χ2n) is 13.0. The number of esters is 3. The molecule has 6 rings (SSSR count). The van der Waals surface area contributed by atoms with Gasteiger partial charge in [0.1, 0.15) is 36.1 Å². The molecule has 5 N–H and O–H groups in total. The van der Waals surface area contributed by atoms with Crippen molar-refractivity contribution in [2.75, 3.05) is 13.2 Å². The quantitative estimate of drug-likeness (QED) is 0.0769. The van der Waals surface area contributed by atoms with Gasteiger partial charge in [-0.2, -0.15) is 0 Å². The molecule has 16 atom stereocenters. The number of fused-ring (bicyclic) bond motifs is 3. The zero-order chi connectivity index (χ0) is 36.6. The van der Waals surface area contributed by atoms with E-state index in [2.05, 4.69) is 0 Å². The number of rotatable bonds is 11. The second-order valence-corrected chi connectivity index (χ2v) is 13.0. The summed E-state index contributed by atoms with van der Waals surface area (Å²) in [5.41, 5.74) is -0.529. The lowest BCUT2D eigenvalue weighted by atomic mass is 9.85. The molecule has 1 aliphatic carbocycles. The van der Waals surface area contributed by atoms with Crippen molar-refractivity contribution in [3.8, 4) is 0 Å². The minimum Gasteiger partial charge on any atom is -0.472 e. The van der Waals surface area contributed by atoms with Gasteiger partial charge in [-0.1, -0.05) is 30.3 Å². The highest BCUT2D eigenvalue weighted by molar-refractivity contribution is 5.87. The van der Waals surface area contributed by atoms with E-state index in [-0.39, 0.29) is 0 Å².